The van der Waals surface area contributed by atoms with Crippen molar-refractivity contribution < 1.29 is 135 Å². The number of ether oxygens (including phenoxy) is 20. The van der Waals surface area contributed by atoms with E-state index in [0.717, 1.165) is 30.4 Å². The van der Waals surface area contributed by atoms with Crippen molar-refractivity contribution in [2.45, 2.75) is 402 Å². The lowest BCUT2D eigenvalue weighted by Gasteiger charge is -2.51. The summed E-state index contributed by atoms with van der Waals surface area (Å²) < 4.78 is 128. The monoisotopic (exact) mass is 1740 g/mol. The Labute approximate surface area is 728 Å². The summed E-state index contributed by atoms with van der Waals surface area (Å²) in [5, 5.41) is 68.4. The number of aliphatic hydroxyl groups is 6. The van der Waals surface area contributed by atoms with E-state index in [4.69, 9.17) is 94.7 Å². The van der Waals surface area contributed by atoms with Crippen molar-refractivity contribution in [1.29, 1.82) is 0 Å². The molecule has 6 N–H and O–H groups in total. The van der Waals surface area contributed by atoms with Crippen LogP contribution in [-0.4, -0.2) is 279 Å². The zero-order chi connectivity index (χ0) is 88.6. The van der Waals surface area contributed by atoms with Gasteiger partial charge in [-0.25, -0.2) is 0 Å². The molecule has 0 radical (unpaired) electrons. The fourth-order valence-corrected chi connectivity index (χ4v) is 21.8. The van der Waals surface area contributed by atoms with E-state index < -0.39 is 182 Å². The van der Waals surface area contributed by atoms with Crippen LogP contribution in [0.5, 0.6) is 0 Å². The van der Waals surface area contributed by atoms with Crippen molar-refractivity contribution in [3.05, 3.63) is 94.2 Å². The van der Waals surface area contributed by atoms with Crippen LogP contribution in [0.15, 0.2) is 94.2 Å². The van der Waals surface area contributed by atoms with Gasteiger partial charge in [-0.1, -0.05) is 123 Å². The van der Waals surface area contributed by atoms with Gasteiger partial charge >= 0.3 is 11.9 Å². The van der Waals surface area contributed by atoms with E-state index >= 15 is 0 Å². The SMILES string of the molecule is CCC(C)[C@H]1O[C@]2(CC[C@@H]1C)CC1C[C@@H](C/C=C(\C)[C@@H](O[C@H]3C[C@H](OC)[C@@H](OC4C[C@H](OC)[C@@H](O)[C@H](C)O4)[C@H](C)O3)[C@@H](C)/C=C/C=C3CO[C@@H]4[C@H](O)C(C)=C[C@@H](C(=O)O1)[C@]34O)O2.CO[C@H]1CC(O[C@H]2[C@H](C)O[C@@H](O[C@@H]3/C(C)=C/C[C@@H]4CC(C[C@]5(CC[C@H](C)[C@@H](C(C)C)O5)O4)OC(=O)[C@@H]4C=C(C)[C@@H](O)[C@H]5OCC(=C/C=C/[C@@H]3C)[C@]54O)C[C@@H]2OC)O[C@@H](C)[C@@H]1O. The van der Waals surface area contributed by atoms with Gasteiger partial charge in [-0.05, 0) is 138 Å². The van der Waals surface area contributed by atoms with Crippen LogP contribution >= 0.6 is 0 Å². The number of esters is 2. The summed E-state index contributed by atoms with van der Waals surface area (Å²) in [6.45, 7) is 32.5. The second kappa shape index (κ2) is 40.7. The summed E-state index contributed by atoms with van der Waals surface area (Å²) in [5.41, 5.74) is 0.372. The Hall–Kier alpha value is -4.10. The highest BCUT2D eigenvalue weighted by Gasteiger charge is 2.63. The minimum atomic E-state index is -1.82. The molecular weight excluding hydrogens is 1590 g/mol. The molecule has 12 heterocycles. The van der Waals surface area contributed by atoms with E-state index in [1.807, 2.05) is 38.2 Å². The molecule has 0 aromatic carbocycles. The first-order chi connectivity index (χ1) is 58.5. The predicted octanol–water partition coefficient (Wildman–Crippen LogP) is 10.8. The molecule has 10 fully saturated rings. The van der Waals surface area contributed by atoms with Crippen LogP contribution in [0.4, 0.5) is 0 Å². The van der Waals surface area contributed by atoms with Gasteiger partial charge < -0.3 is 125 Å². The summed E-state index contributed by atoms with van der Waals surface area (Å²) in [6.07, 6.45) is 12.1. The molecule has 0 saturated carbocycles. The van der Waals surface area contributed by atoms with E-state index in [9.17, 15) is 40.2 Å². The third-order valence-electron chi connectivity index (χ3n) is 29.3. The normalized spacial score (nSPS) is 48.6. The number of carbonyl (C=O) groups is 2. The Morgan fingerprint density at radius 3 is 1.24 bits per heavy atom. The van der Waals surface area contributed by atoms with E-state index in [-0.39, 0.29) is 67.6 Å². The zero-order valence-electron chi connectivity index (χ0n) is 76.2. The maximum absolute atomic E-state index is 14.4. The third-order valence-corrected chi connectivity index (χ3v) is 29.3. The Balaban J connectivity index is 0.000000212. The Morgan fingerprint density at radius 2 is 0.846 bits per heavy atom. The lowest BCUT2D eigenvalue weighted by molar-refractivity contribution is -0.341. The van der Waals surface area contributed by atoms with Gasteiger partial charge in [-0.15, -0.1) is 0 Å². The largest absolute Gasteiger partial charge is 0.462 e. The molecule has 28 nitrogen and oxygen atoms in total. The number of hydrogen-bond donors (Lipinski definition) is 6. The second-order valence-corrected chi connectivity index (χ2v) is 38.6. The Morgan fingerprint density at radius 1 is 0.472 bits per heavy atom. The van der Waals surface area contributed by atoms with Crippen molar-refractivity contribution in [2.24, 2.45) is 47.3 Å². The van der Waals surface area contributed by atoms with Gasteiger partial charge in [0.05, 0.1) is 98.7 Å². The van der Waals surface area contributed by atoms with Gasteiger partial charge in [0.25, 0.3) is 0 Å². The Kier molecular flexibility index (Phi) is 31.9. The average Bonchev–Trinajstić information content (AvgIpc) is 1.61. The third kappa shape index (κ3) is 20.8. The molecule has 2 spiro atoms. The summed E-state index contributed by atoms with van der Waals surface area (Å²) >= 11 is 0. The molecular formula is C95H146O28. The molecule has 14 aliphatic rings. The minimum absolute atomic E-state index is 0.00708. The van der Waals surface area contributed by atoms with Crippen molar-refractivity contribution in [3.8, 4) is 0 Å². The van der Waals surface area contributed by atoms with Gasteiger partial charge in [0.1, 0.15) is 84.1 Å². The molecule has 2 aliphatic carbocycles. The molecule has 12 aliphatic heterocycles. The zero-order valence-corrected chi connectivity index (χ0v) is 76.2. The predicted molar refractivity (Wildman–Crippen MR) is 450 cm³/mol. The highest BCUT2D eigenvalue weighted by atomic mass is 16.8. The molecule has 5 unspecified atom stereocenters. The van der Waals surface area contributed by atoms with Crippen molar-refractivity contribution in [3.63, 3.8) is 0 Å². The number of hydrogen-bond acceptors (Lipinski definition) is 28. The number of fused-ring (bicyclic) bond motifs is 4. The minimum Gasteiger partial charge on any atom is -0.462 e. The van der Waals surface area contributed by atoms with Gasteiger partial charge in [-0.2, -0.15) is 0 Å². The number of aliphatic hydroxyl groups excluding tert-OH is 4. The summed E-state index contributed by atoms with van der Waals surface area (Å²) in [5.74, 6) is -4.25. The van der Waals surface area contributed by atoms with Crippen LogP contribution in [0.1, 0.15) is 207 Å². The quantitative estimate of drug-likeness (QED) is 0.0655. The van der Waals surface area contributed by atoms with Gasteiger partial charge in [0.2, 0.25) is 0 Å². The molecule has 14 rings (SSSR count). The molecule has 0 aromatic rings. The van der Waals surface area contributed by atoms with Gasteiger partial charge in [0.15, 0.2) is 36.7 Å². The van der Waals surface area contributed by atoms with Crippen molar-refractivity contribution >= 4 is 11.9 Å². The topological polar surface area (TPSA) is 340 Å². The van der Waals surface area contributed by atoms with Crippen LogP contribution in [-0.2, 0) is 104 Å². The van der Waals surface area contributed by atoms with Crippen molar-refractivity contribution in [2.75, 3.05) is 41.7 Å². The standard InChI is InChI=1S/C48H74O14.C47H72O14/c1-11-25(2)43-28(5)17-18-47(62-43)23-34-20-33(61-47)16-15-27(4)42(26(3)13-12-14-32-24-55-45-40(49)29(6)19-35(46(51)58-34)48(32,45)52)59-39-22-37(54-10)44(31(8)57-39)60-38-21-36(53-9)41(50)30(7)56-38;1-24(2)41-27(5)16-17-46(61-41)22-33-19-32(60-46)15-14-26(4)42(25(3)12-11-13-31-23-54-44-39(48)28(6)18-34(45(50)57-33)47(31,44)51)58-38-21-36(53-10)43(30(8)56-38)59-37-20-35(52-9)40(49)29(7)55-37/h12-15,19,25-26,28,30-31,33-45,49-50,52H,11,16-18,20-24H2,1-10H3;11-14,18,24-25,27,29-30,32-44,48-49,51H,15-17,19-23H2,1-10H3/b13-12+,27-15+,32-14?;12-11+,26-14+,31-13?/t25?,26-,28-,30-,31-,33+,34?,35-,36-,37-,38?,39-,40+,41-,42-,43+,44-,45+,47+,48+;25-,27-,29-,30-,32+,33?,34-,35-,36-,37?,38-,39+,40-,41+,42-,43-,44+,46+,47+/m00/s1. The molecule has 28 heteroatoms. The average molecular weight is 1740 g/mol. The molecule has 0 amide bonds. The molecule has 123 heavy (non-hydrogen) atoms. The number of methoxy groups -OCH3 is 4. The van der Waals surface area contributed by atoms with E-state index in [0.29, 0.717) is 117 Å². The first-order valence-electron chi connectivity index (χ1n) is 45.8. The smallest absolute Gasteiger partial charge is 0.316 e. The van der Waals surface area contributed by atoms with Crippen LogP contribution < -0.4 is 0 Å². The number of rotatable bonds is 15. The van der Waals surface area contributed by atoms with Crippen LogP contribution in [0.25, 0.3) is 0 Å². The summed E-state index contributed by atoms with van der Waals surface area (Å²) in [6, 6.07) is 0. The lowest BCUT2D eigenvalue weighted by Crippen LogP contribution is -2.58. The molecule has 10 saturated heterocycles. The lowest BCUT2D eigenvalue weighted by atomic mass is 9.71. The van der Waals surface area contributed by atoms with Crippen LogP contribution in [0.2, 0.25) is 0 Å². The fraction of sp³-hybridized carbons (Fsp3) is 0.811. The van der Waals surface area contributed by atoms with Gasteiger partial charge in [0, 0.05) is 104 Å². The summed E-state index contributed by atoms with van der Waals surface area (Å²) in [7, 11) is 6.45. The molecule has 0 aromatic heterocycles. The summed E-state index contributed by atoms with van der Waals surface area (Å²) in [4.78, 5) is 28.7. The van der Waals surface area contributed by atoms with Crippen LogP contribution in [0, 0.1) is 47.3 Å². The van der Waals surface area contributed by atoms with Crippen LogP contribution in [0.3, 0.4) is 0 Å². The van der Waals surface area contributed by atoms with E-state index in [1.165, 1.54) is 0 Å². The highest BCUT2D eigenvalue weighted by molar-refractivity contribution is 5.79. The number of allylic oxidation sites excluding steroid dienone is 4. The first-order valence-corrected chi connectivity index (χ1v) is 45.8. The van der Waals surface area contributed by atoms with Gasteiger partial charge in [-0.3, -0.25) is 9.59 Å². The molecule has 694 valence electrons. The van der Waals surface area contributed by atoms with E-state index in [1.54, 1.807) is 80.4 Å². The molecule has 39 atom stereocenters. The van der Waals surface area contributed by atoms with Crippen molar-refractivity contribution in [1.82, 2.24) is 0 Å². The first kappa shape index (κ1) is 96.5. The molecule has 4 bridgehead atoms. The maximum atomic E-state index is 14.4. The van der Waals surface area contributed by atoms with E-state index in [2.05, 4.69) is 81.4 Å². The Bertz CT molecular complexity index is 3810. The highest BCUT2D eigenvalue weighted by Crippen LogP contribution is 2.52. The second-order valence-electron chi connectivity index (χ2n) is 38.6. The number of carbonyl (C=O) groups excluding carboxylic acids is 2. The fourth-order valence-electron chi connectivity index (χ4n) is 21.8. The maximum Gasteiger partial charge on any atom is 0.316 e.